The molecule has 0 saturated heterocycles. The van der Waals surface area contributed by atoms with Crippen LogP contribution in [0.1, 0.15) is 5.56 Å². The van der Waals surface area contributed by atoms with Crippen LogP contribution in [-0.2, 0) is 11.3 Å². The fourth-order valence-electron chi connectivity index (χ4n) is 1.47. The Labute approximate surface area is 107 Å². The van der Waals surface area contributed by atoms with Gasteiger partial charge in [-0.15, -0.1) is 0 Å². The number of nitrogens with zero attached hydrogens (tertiary/aromatic N) is 1. The fraction of sp³-hybridized carbons (Fsp3) is 0.417. The van der Waals surface area contributed by atoms with Crippen LogP contribution in [0.3, 0.4) is 0 Å². The number of carbonyl (C=O) groups is 1. The van der Waals surface area contributed by atoms with Gasteiger partial charge in [-0.3, -0.25) is 4.79 Å². The molecular weight excluding hydrogens is 238 g/mol. The van der Waals surface area contributed by atoms with E-state index in [-0.39, 0.29) is 11.7 Å². The second-order valence-electron chi connectivity index (χ2n) is 3.59. The van der Waals surface area contributed by atoms with Crippen molar-refractivity contribution in [3.8, 4) is 11.5 Å². The molecule has 0 aliphatic heterocycles. The average molecular weight is 255 g/mol. The number of benzene rings is 1. The van der Waals surface area contributed by atoms with Gasteiger partial charge in [0.15, 0.2) is 0 Å². The second kappa shape index (κ2) is 6.39. The lowest BCUT2D eigenvalue weighted by Crippen LogP contribution is -2.27. The normalized spacial score (nSPS) is 9.88. The molecule has 0 unspecified atom stereocenters. The predicted molar refractivity (Wildman–Crippen MR) is 69.9 cm³/mol. The van der Waals surface area contributed by atoms with Crippen molar-refractivity contribution < 1.29 is 14.3 Å². The highest BCUT2D eigenvalue weighted by atomic mass is 32.1. The number of rotatable bonds is 5. The largest absolute Gasteiger partial charge is 0.497 e. The average Bonchev–Trinajstić information content (AvgIpc) is 2.37. The van der Waals surface area contributed by atoms with Gasteiger partial charge >= 0.3 is 0 Å². The molecule has 1 aromatic rings. The topological polar surface area (TPSA) is 38.8 Å². The van der Waals surface area contributed by atoms with Crippen molar-refractivity contribution in [3.63, 3.8) is 0 Å². The van der Waals surface area contributed by atoms with Gasteiger partial charge in [0.25, 0.3) is 0 Å². The van der Waals surface area contributed by atoms with E-state index in [0.717, 1.165) is 17.1 Å². The lowest BCUT2D eigenvalue weighted by atomic mass is 10.1. The van der Waals surface area contributed by atoms with Gasteiger partial charge in [0.2, 0.25) is 5.91 Å². The Balaban J connectivity index is 2.91. The molecule has 94 valence electrons. The van der Waals surface area contributed by atoms with Crippen LogP contribution in [0.2, 0.25) is 0 Å². The molecule has 0 atom stereocenters. The lowest BCUT2D eigenvalue weighted by molar-refractivity contribution is -0.127. The Bertz CT molecular complexity index is 395. The van der Waals surface area contributed by atoms with Crippen molar-refractivity contribution in [1.82, 2.24) is 4.90 Å². The number of methoxy groups -OCH3 is 2. The molecule has 0 radical (unpaired) electrons. The summed E-state index contributed by atoms with van der Waals surface area (Å²) in [6.07, 6.45) is 0. The van der Waals surface area contributed by atoms with Crippen LogP contribution in [0.4, 0.5) is 0 Å². The van der Waals surface area contributed by atoms with Crippen molar-refractivity contribution in [2.45, 2.75) is 6.54 Å². The minimum atomic E-state index is -0.0294. The molecule has 1 aromatic carbocycles. The van der Waals surface area contributed by atoms with Crippen LogP contribution in [0.25, 0.3) is 0 Å². The summed E-state index contributed by atoms with van der Waals surface area (Å²) < 4.78 is 10.4. The molecule has 0 aromatic heterocycles. The maximum absolute atomic E-state index is 11.4. The minimum Gasteiger partial charge on any atom is -0.497 e. The van der Waals surface area contributed by atoms with Gasteiger partial charge in [-0.05, 0) is 18.2 Å². The van der Waals surface area contributed by atoms with E-state index < -0.39 is 0 Å². The molecule has 4 nitrogen and oxygen atoms in total. The van der Waals surface area contributed by atoms with Gasteiger partial charge in [-0.1, -0.05) is 0 Å². The molecule has 0 heterocycles. The first-order valence-corrected chi connectivity index (χ1v) is 5.81. The first kappa shape index (κ1) is 13.7. The summed E-state index contributed by atoms with van der Waals surface area (Å²) in [6.45, 7) is 0.472. The van der Waals surface area contributed by atoms with Crippen LogP contribution in [0.5, 0.6) is 11.5 Å². The third-order valence-corrected chi connectivity index (χ3v) is 2.73. The SMILES string of the molecule is COc1ccc(OC)c(CN(C)C(=O)CS)c1. The van der Waals surface area contributed by atoms with Crippen molar-refractivity contribution in [3.05, 3.63) is 23.8 Å². The maximum atomic E-state index is 11.4. The monoisotopic (exact) mass is 255 g/mol. The molecule has 0 saturated carbocycles. The van der Waals surface area contributed by atoms with Crippen LogP contribution in [-0.4, -0.2) is 37.8 Å². The Morgan fingerprint density at radius 3 is 2.59 bits per heavy atom. The molecular formula is C12H17NO3S. The van der Waals surface area contributed by atoms with Crippen molar-refractivity contribution >= 4 is 18.5 Å². The zero-order valence-electron chi connectivity index (χ0n) is 10.3. The van der Waals surface area contributed by atoms with Gasteiger partial charge < -0.3 is 14.4 Å². The number of thiol groups is 1. The van der Waals surface area contributed by atoms with E-state index in [1.807, 2.05) is 18.2 Å². The molecule has 1 amide bonds. The van der Waals surface area contributed by atoms with Crippen molar-refractivity contribution in [2.75, 3.05) is 27.0 Å². The summed E-state index contributed by atoms with van der Waals surface area (Å²) >= 11 is 3.96. The lowest BCUT2D eigenvalue weighted by Gasteiger charge is -2.18. The van der Waals surface area contributed by atoms with E-state index in [9.17, 15) is 4.79 Å². The Morgan fingerprint density at radius 1 is 1.35 bits per heavy atom. The number of ether oxygens (including phenoxy) is 2. The van der Waals surface area contributed by atoms with E-state index in [2.05, 4.69) is 12.6 Å². The van der Waals surface area contributed by atoms with Gasteiger partial charge in [0.1, 0.15) is 11.5 Å². The third-order valence-electron chi connectivity index (χ3n) is 2.46. The molecule has 1 rings (SSSR count). The van der Waals surface area contributed by atoms with E-state index in [4.69, 9.17) is 9.47 Å². The van der Waals surface area contributed by atoms with Crippen molar-refractivity contribution in [2.24, 2.45) is 0 Å². The minimum absolute atomic E-state index is 0.0294. The summed E-state index contributed by atoms with van der Waals surface area (Å²) in [5.41, 5.74) is 0.907. The van der Waals surface area contributed by atoms with Gasteiger partial charge in [0.05, 0.1) is 20.0 Å². The standard InChI is InChI=1S/C12H17NO3S/c1-13(12(14)8-17)7-9-6-10(15-2)4-5-11(9)16-3/h4-6,17H,7-8H2,1-3H3. The Hall–Kier alpha value is -1.36. The molecule has 0 spiro atoms. The highest BCUT2D eigenvalue weighted by molar-refractivity contribution is 7.81. The fourth-order valence-corrected chi connectivity index (χ4v) is 1.71. The summed E-state index contributed by atoms with van der Waals surface area (Å²) in [5, 5.41) is 0. The smallest absolute Gasteiger partial charge is 0.232 e. The Kier molecular flexibility index (Phi) is 5.15. The van der Waals surface area contributed by atoms with Gasteiger partial charge in [-0.2, -0.15) is 12.6 Å². The summed E-state index contributed by atoms with van der Waals surface area (Å²) in [5.74, 6) is 1.65. The molecule has 0 aliphatic carbocycles. The number of amides is 1. The zero-order chi connectivity index (χ0) is 12.8. The molecule has 17 heavy (non-hydrogen) atoms. The highest BCUT2D eigenvalue weighted by Crippen LogP contribution is 2.24. The van der Waals surface area contributed by atoms with E-state index in [1.165, 1.54) is 0 Å². The molecule has 0 fully saturated rings. The van der Waals surface area contributed by atoms with E-state index in [0.29, 0.717) is 6.54 Å². The molecule has 0 aliphatic rings. The van der Waals surface area contributed by atoms with Crippen molar-refractivity contribution in [1.29, 1.82) is 0 Å². The summed E-state index contributed by atoms with van der Waals surface area (Å²) in [7, 11) is 4.94. The predicted octanol–water partition coefficient (Wildman–Crippen LogP) is 1.59. The molecule has 0 N–H and O–H groups in total. The molecule has 0 bridgehead atoms. The van der Waals surface area contributed by atoms with E-state index in [1.54, 1.807) is 26.2 Å². The first-order valence-electron chi connectivity index (χ1n) is 5.18. The molecule has 5 heteroatoms. The summed E-state index contributed by atoms with van der Waals surface area (Å²) in [6, 6.07) is 5.51. The quantitative estimate of drug-likeness (QED) is 0.812. The number of hydrogen-bond donors (Lipinski definition) is 1. The van der Waals surface area contributed by atoms with E-state index >= 15 is 0 Å². The number of hydrogen-bond acceptors (Lipinski definition) is 4. The van der Waals surface area contributed by atoms with Crippen LogP contribution >= 0.6 is 12.6 Å². The van der Waals surface area contributed by atoms with Gasteiger partial charge in [0, 0.05) is 19.2 Å². The zero-order valence-corrected chi connectivity index (χ0v) is 11.2. The van der Waals surface area contributed by atoms with Crippen LogP contribution in [0.15, 0.2) is 18.2 Å². The maximum Gasteiger partial charge on any atom is 0.232 e. The Morgan fingerprint density at radius 2 is 2.06 bits per heavy atom. The van der Waals surface area contributed by atoms with Crippen LogP contribution in [0, 0.1) is 0 Å². The summed E-state index contributed by atoms with van der Waals surface area (Å²) in [4.78, 5) is 13.0. The van der Waals surface area contributed by atoms with Gasteiger partial charge in [-0.25, -0.2) is 0 Å². The number of carbonyl (C=O) groups excluding carboxylic acids is 1. The first-order chi connectivity index (χ1) is 8.12. The van der Waals surface area contributed by atoms with Crippen LogP contribution < -0.4 is 9.47 Å². The highest BCUT2D eigenvalue weighted by Gasteiger charge is 2.11. The second-order valence-corrected chi connectivity index (χ2v) is 3.90. The third kappa shape index (κ3) is 3.56.